The van der Waals surface area contributed by atoms with Crippen LogP contribution in [0.4, 0.5) is 5.82 Å². The van der Waals surface area contributed by atoms with Gasteiger partial charge in [0.2, 0.25) is 0 Å². The number of benzene rings is 2. The Morgan fingerprint density at radius 1 is 0.946 bits per heavy atom. The maximum atomic E-state index is 13.6. The molecular formula is C30H34ClN5O. The molecule has 37 heavy (non-hydrogen) atoms. The van der Waals surface area contributed by atoms with Crippen molar-refractivity contribution in [3.63, 3.8) is 0 Å². The van der Waals surface area contributed by atoms with Gasteiger partial charge >= 0.3 is 0 Å². The molecule has 0 spiro atoms. The van der Waals surface area contributed by atoms with Crippen LogP contribution in [0.15, 0.2) is 60.7 Å². The third-order valence-electron chi connectivity index (χ3n) is 7.83. The van der Waals surface area contributed by atoms with Gasteiger partial charge in [0.1, 0.15) is 5.69 Å². The summed E-state index contributed by atoms with van der Waals surface area (Å²) in [4.78, 5) is 23.0. The largest absolute Gasteiger partial charge is 0.350 e. The monoisotopic (exact) mass is 515 g/mol. The summed E-state index contributed by atoms with van der Waals surface area (Å²) < 4.78 is 2.39. The van der Waals surface area contributed by atoms with Crippen molar-refractivity contribution in [3.8, 4) is 0 Å². The number of nitrogens with one attached hydrogen (secondary N) is 1. The van der Waals surface area contributed by atoms with Crippen molar-refractivity contribution in [2.75, 3.05) is 37.6 Å². The van der Waals surface area contributed by atoms with Crippen LogP contribution in [0.5, 0.6) is 0 Å². The van der Waals surface area contributed by atoms with Crippen molar-refractivity contribution < 1.29 is 4.79 Å². The van der Waals surface area contributed by atoms with E-state index in [2.05, 4.69) is 83.2 Å². The van der Waals surface area contributed by atoms with E-state index in [0.717, 1.165) is 69.0 Å². The molecule has 6 rings (SSSR count). The highest BCUT2D eigenvalue weighted by atomic mass is 35.5. The standard InChI is InChI=1S/C30H33N5O.ClH/c1-21-22(2)35(19-23-8-4-3-5-9-23)28-26(21)18-27(30(36)33-16-13-31-14-17-33)32-29(28)34-15-12-24-10-6-7-11-25(24)20-34;/h3-11,18,31H,12-17,19-20H2,1-2H3;1H. The van der Waals surface area contributed by atoms with E-state index in [1.807, 2.05) is 11.0 Å². The first-order valence-electron chi connectivity index (χ1n) is 13.0. The van der Waals surface area contributed by atoms with Gasteiger partial charge in [-0.3, -0.25) is 4.79 Å². The fourth-order valence-corrected chi connectivity index (χ4v) is 5.64. The van der Waals surface area contributed by atoms with Gasteiger partial charge in [0.05, 0.1) is 5.52 Å². The van der Waals surface area contributed by atoms with Crippen LogP contribution in [0.1, 0.15) is 38.4 Å². The number of anilines is 1. The number of hydrogen-bond donors (Lipinski definition) is 1. The number of halogens is 1. The molecular weight excluding hydrogens is 482 g/mol. The molecule has 7 heteroatoms. The summed E-state index contributed by atoms with van der Waals surface area (Å²) in [7, 11) is 0. The lowest BCUT2D eigenvalue weighted by Gasteiger charge is -2.32. The zero-order valence-electron chi connectivity index (χ0n) is 21.5. The van der Waals surface area contributed by atoms with E-state index in [-0.39, 0.29) is 18.3 Å². The maximum absolute atomic E-state index is 13.6. The highest BCUT2D eigenvalue weighted by Gasteiger charge is 2.27. The first-order valence-corrected chi connectivity index (χ1v) is 13.0. The number of amides is 1. The molecule has 0 saturated carbocycles. The molecule has 6 nitrogen and oxygen atoms in total. The highest BCUT2D eigenvalue weighted by Crippen LogP contribution is 2.35. The van der Waals surface area contributed by atoms with Crippen LogP contribution in [0, 0.1) is 13.8 Å². The Balaban J connectivity index is 0.00000280. The molecule has 0 unspecified atom stereocenters. The summed E-state index contributed by atoms with van der Waals surface area (Å²) in [5.41, 5.74) is 8.13. The highest BCUT2D eigenvalue weighted by molar-refractivity contribution is 6.01. The van der Waals surface area contributed by atoms with Crippen LogP contribution in [-0.2, 0) is 19.5 Å². The average molecular weight is 516 g/mol. The first kappa shape index (κ1) is 25.3. The topological polar surface area (TPSA) is 53.4 Å². The van der Waals surface area contributed by atoms with E-state index < -0.39 is 0 Å². The SMILES string of the molecule is Cc1c(C)n(Cc2ccccc2)c2c(N3CCc4ccccc4C3)nc(C(=O)N3CCNCC3)cc12.Cl. The van der Waals surface area contributed by atoms with E-state index in [1.165, 1.54) is 27.9 Å². The van der Waals surface area contributed by atoms with Gasteiger partial charge in [-0.05, 0) is 48.6 Å². The summed E-state index contributed by atoms with van der Waals surface area (Å²) in [6.07, 6.45) is 0.979. The van der Waals surface area contributed by atoms with Crippen molar-refractivity contribution in [2.24, 2.45) is 0 Å². The number of pyridine rings is 1. The van der Waals surface area contributed by atoms with E-state index in [9.17, 15) is 4.79 Å². The van der Waals surface area contributed by atoms with E-state index in [0.29, 0.717) is 5.69 Å². The number of aryl methyl sites for hydroxylation is 1. The number of carbonyl (C=O) groups excluding carboxylic acids is 1. The lowest BCUT2D eigenvalue weighted by atomic mass is 10.00. The summed E-state index contributed by atoms with van der Waals surface area (Å²) in [5.74, 6) is 0.956. The third kappa shape index (κ3) is 4.72. The molecule has 0 atom stereocenters. The minimum Gasteiger partial charge on any atom is -0.350 e. The lowest BCUT2D eigenvalue weighted by molar-refractivity contribution is 0.0730. The van der Waals surface area contributed by atoms with E-state index in [4.69, 9.17) is 4.98 Å². The zero-order valence-corrected chi connectivity index (χ0v) is 22.4. The number of aromatic nitrogens is 2. The molecule has 4 aromatic rings. The maximum Gasteiger partial charge on any atom is 0.272 e. The van der Waals surface area contributed by atoms with Gasteiger partial charge in [-0.1, -0.05) is 54.6 Å². The van der Waals surface area contributed by atoms with Crippen LogP contribution < -0.4 is 10.2 Å². The predicted octanol–water partition coefficient (Wildman–Crippen LogP) is 4.73. The predicted molar refractivity (Wildman–Crippen MR) is 152 cm³/mol. The molecule has 192 valence electrons. The summed E-state index contributed by atoms with van der Waals surface area (Å²) in [5, 5.41) is 4.47. The van der Waals surface area contributed by atoms with Gasteiger partial charge in [0.25, 0.3) is 5.91 Å². The van der Waals surface area contributed by atoms with Crippen LogP contribution in [0.25, 0.3) is 10.9 Å². The van der Waals surface area contributed by atoms with Crippen molar-refractivity contribution >= 4 is 35.0 Å². The molecule has 1 amide bonds. The van der Waals surface area contributed by atoms with Gasteiger partial charge in [-0.25, -0.2) is 4.98 Å². The Labute approximate surface area is 224 Å². The smallest absolute Gasteiger partial charge is 0.272 e. The fourth-order valence-electron chi connectivity index (χ4n) is 5.64. The normalized spacial score (nSPS) is 15.4. The van der Waals surface area contributed by atoms with Crippen molar-refractivity contribution in [1.29, 1.82) is 0 Å². The quantitative estimate of drug-likeness (QED) is 0.427. The molecule has 1 fully saturated rings. The van der Waals surface area contributed by atoms with Gasteiger partial charge in [-0.2, -0.15) is 0 Å². The Hall–Kier alpha value is -3.35. The second-order valence-corrected chi connectivity index (χ2v) is 9.99. The molecule has 0 radical (unpaired) electrons. The van der Waals surface area contributed by atoms with Gasteiger partial charge in [0, 0.05) is 56.9 Å². The van der Waals surface area contributed by atoms with E-state index in [1.54, 1.807) is 0 Å². The fraction of sp³-hybridized carbons (Fsp3) is 0.333. The van der Waals surface area contributed by atoms with Crippen LogP contribution >= 0.6 is 12.4 Å². The molecule has 1 N–H and O–H groups in total. The zero-order chi connectivity index (χ0) is 24.6. The number of fused-ring (bicyclic) bond motifs is 2. The molecule has 0 bridgehead atoms. The minimum atomic E-state index is 0. The summed E-state index contributed by atoms with van der Waals surface area (Å²) in [6.45, 7) is 9.93. The second kappa shape index (κ2) is 10.6. The molecule has 1 saturated heterocycles. The Morgan fingerprint density at radius 2 is 1.65 bits per heavy atom. The Bertz CT molecular complexity index is 1430. The Morgan fingerprint density at radius 3 is 2.41 bits per heavy atom. The molecule has 2 aliphatic rings. The van der Waals surface area contributed by atoms with Gasteiger partial charge in [0.15, 0.2) is 5.82 Å². The minimum absolute atomic E-state index is 0. The van der Waals surface area contributed by atoms with Gasteiger partial charge in [-0.15, -0.1) is 12.4 Å². The van der Waals surface area contributed by atoms with E-state index >= 15 is 0 Å². The van der Waals surface area contributed by atoms with Crippen molar-refractivity contribution in [3.05, 3.63) is 94.3 Å². The van der Waals surface area contributed by atoms with Crippen LogP contribution in [0.3, 0.4) is 0 Å². The van der Waals surface area contributed by atoms with Crippen molar-refractivity contribution in [1.82, 2.24) is 19.8 Å². The van der Waals surface area contributed by atoms with Crippen LogP contribution in [0.2, 0.25) is 0 Å². The second-order valence-electron chi connectivity index (χ2n) is 9.99. The number of nitrogens with zero attached hydrogens (tertiary/aromatic N) is 4. The number of piperazine rings is 1. The molecule has 4 heterocycles. The summed E-state index contributed by atoms with van der Waals surface area (Å²) in [6, 6.07) is 21.3. The average Bonchev–Trinajstić information content (AvgIpc) is 3.17. The number of hydrogen-bond acceptors (Lipinski definition) is 4. The molecule has 2 aromatic heterocycles. The first-order chi connectivity index (χ1) is 17.6. The molecule has 2 aromatic carbocycles. The Kier molecular flexibility index (Phi) is 7.22. The molecule has 0 aliphatic carbocycles. The number of carbonyl (C=O) groups is 1. The number of rotatable bonds is 4. The van der Waals surface area contributed by atoms with Crippen LogP contribution in [-0.4, -0.2) is 53.1 Å². The third-order valence-corrected chi connectivity index (χ3v) is 7.83. The lowest BCUT2D eigenvalue weighted by Crippen LogP contribution is -2.46. The molecule has 2 aliphatic heterocycles. The van der Waals surface area contributed by atoms with Gasteiger partial charge < -0.3 is 19.7 Å². The van der Waals surface area contributed by atoms with Crippen molar-refractivity contribution in [2.45, 2.75) is 33.4 Å². The summed E-state index contributed by atoms with van der Waals surface area (Å²) >= 11 is 0.